The summed E-state index contributed by atoms with van der Waals surface area (Å²) in [7, 11) is 0. The first-order valence-electron chi connectivity index (χ1n) is 4.40. The molecule has 2 nitrogen and oxygen atoms in total. The quantitative estimate of drug-likeness (QED) is 0.801. The molecule has 1 rings (SSSR count). The second-order valence-corrected chi connectivity index (χ2v) is 2.84. The van der Waals surface area contributed by atoms with Crippen LogP contribution in [0.5, 0.6) is 5.75 Å². The number of hydrogen-bond donors (Lipinski definition) is 1. The minimum Gasteiger partial charge on any atom is -0.491 e. The predicted molar refractivity (Wildman–Crippen MR) is 53.8 cm³/mol. The molecule has 0 saturated carbocycles. The van der Waals surface area contributed by atoms with Gasteiger partial charge in [-0.15, -0.1) is 0 Å². The van der Waals surface area contributed by atoms with Gasteiger partial charge in [0.05, 0.1) is 12.4 Å². The first-order chi connectivity index (χ1) is 6.74. The smallest absolute Gasteiger partial charge is 0.126 e. The molecule has 0 aromatic heterocycles. The van der Waals surface area contributed by atoms with E-state index < -0.39 is 0 Å². The zero-order valence-electron chi connectivity index (χ0n) is 8.03. The van der Waals surface area contributed by atoms with Crippen LogP contribution in [0, 0.1) is 0 Å². The van der Waals surface area contributed by atoms with Crippen molar-refractivity contribution < 1.29 is 14.2 Å². The van der Waals surface area contributed by atoms with E-state index in [2.05, 4.69) is 0 Å². The predicted octanol–water partition coefficient (Wildman–Crippen LogP) is 2.39. The van der Waals surface area contributed by atoms with Crippen molar-refractivity contribution in [3.8, 4) is 5.75 Å². The van der Waals surface area contributed by atoms with Crippen LogP contribution in [0.1, 0.15) is 12.5 Å². The largest absolute Gasteiger partial charge is 0.491 e. The Morgan fingerprint density at radius 2 is 2.21 bits per heavy atom. The van der Waals surface area contributed by atoms with E-state index in [1.807, 2.05) is 0 Å². The summed E-state index contributed by atoms with van der Waals surface area (Å²) in [4.78, 5) is 0. The molecule has 1 aromatic carbocycles. The third-order valence-electron chi connectivity index (χ3n) is 1.62. The normalized spacial score (nSPS) is 11.5. The Kier molecular flexibility index (Phi) is 4.13. The third kappa shape index (κ3) is 3.18. The lowest BCUT2D eigenvalue weighted by Gasteiger charge is -2.07. The van der Waals surface area contributed by atoms with Crippen LogP contribution in [0.25, 0.3) is 6.08 Å². The van der Waals surface area contributed by atoms with Gasteiger partial charge in [0.1, 0.15) is 12.4 Å². The zero-order valence-corrected chi connectivity index (χ0v) is 8.03. The van der Waals surface area contributed by atoms with E-state index in [1.165, 1.54) is 13.0 Å². The van der Waals surface area contributed by atoms with Crippen molar-refractivity contribution in [3.63, 3.8) is 0 Å². The first kappa shape index (κ1) is 10.7. The summed E-state index contributed by atoms with van der Waals surface area (Å²) in [5, 5.41) is 8.59. The Balaban J connectivity index is 2.86. The van der Waals surface area contributed by atoms with Crippen molar-refractivity contribution >= 4 is 6.08 Å². The van der Waals surface area contributed by atoms with Crippen molar-refractivity contribution in [1.29, 1.82) is 0 Å². The Morgan fingerprint density at radius 1 is 1.50 bits per heavy atom. The number of benzene rings is 1. The van der Waals surface area contributed by atoms with Crippen LogP contribution >= 0.6 is 0 Å². The molecule has 14 heavy (non-hydrogen) atoms. The second-order valence-electron chi connectivity index (χ2n) is 2.84. The number of aliphatic hydroxyl groups is 1. The molecular formula is C11H13FO2. The lowest BCUT2D eigenvalue weighted by atomic mass is 10.2. The lowest BCUT2D eigenvalue weighted by molar-refractivity contribution is 0.201. The lowest BCUT2D eigenvalue weighted by Crippen LogP contribution is -2.02. The van der Waals surface area contributed by atoms with E-state index in [0.717, 1.165) is 0 Å². The summed E-state index contributed by atoms with van der Waals surface area (Å²) in [5.41, 5.74) is 0.681. The molecule has 1 aromatic rings. The summed E-state index contributed by atoms with van der Waals surface area (Å²) in [6.07, 6.45) is 1.40. The summed E-state index contributed by atoms with van der Waals surface area (Å²) >= 11 is 0. The SMILES string of the molecule is C/C(F)=C/c1ccccc1OCCO. The highest BCUT2D eigenvalue weighted by Crippen LogP contribution is 2.20. The van der Waals surface area contributed by atoms with E-state index >= 15 is 0 Å². The minimum atomic E-state index is -0.273. The van der Waals surface area contributed by atoms with Crippen LogP contribution < -0.4 is 4.74 Å². The monoisotopic (exact) mass is 196 g/mol. The summed E-state index contributed by atoms with van der Waals surface area (Å²) in [5.74, 6) is 0.309. The average Bonchev–Trinajstić information content (AvgIpc) is 2.16. The van der Waals surface area contributed by atoms with Crippen LogP contribution in [0.4, 0.5) is 4.39 Å². The zero-order chi connectivity index (χ0) is 10.4. The maximum absolute atomic E-state index is 12.6. The summed E-state index contributed by atoms with van der Waals surface area (Å²) in [6.45, 7) is 1.55. The third-order valence-corrected chi connectivity index (χ3v) is 1.62. The van der Waals surface area contributed by atoms with E-state index in [0.29, 0.717) is 11.3 Å². The molecule has 1 N–H and O–H groups in total. The standard InChI is InChI=1S/C11H13FO2/c1-9(12)8-10-4-2-3-5-11(10)14-7-6-13/h2-5,8,13H,6-7H2,1H3/b9-8-. The van der Waals surface area contributed by atoms with Crippen molar-refractivity contribution in [2.45, 2.75) is 6.92 Å². The highest BCUT2D eigenvalue weighted by molar-refractivity contribution is 5.58. The Hall–Kier alpha value is -1.35. The molecule has 0 amide bonds. The van der Waals surface area contributed by atoms with Gasteiger partial charge in [0, 0.05) is 5.56 Å². The summed E-state index contributed by atoms with van der Waals surface area (Å²) in [6, 6.07) is 7.11. The molecule has 0 heterocycles. The fraction of sp³-hybridized carbons (Fsp3) is 0.273. The average molecular weight is 196 g/mol. The van der Waals surface area contributed by atoms with Crippen molar-refractivity contribution in [1.82, 2.24) is 0 Å². The number of ether oxygens (including phenoxy) is 1. The van der Waals surface area contributed by atoms with Crippen LogP contribution in [0.3, 0.4) is 0 Å². The molecule has 0 aliphatic heterocycles. The van der Waals surface area contributed by atoms with E-state index in [-0.39, 0.29) is 19.0 Å². The molecule has 0 saturated heterocycles. The van der Waals surface area contributed by atoms with Crippen molar-refractivity contribution in [2.24, 2.45) is 0 Å². The van der Waals surface area contributed by atoms with E-state index in [4.69, 9.17) is 9.84 Å². The summed E-state index contributed by atoms with van der Waals surface area (Å²) < 4.78 is 17.9. The molecule has 0 bridgehead atoms. The van der Waals surface area contributed by atoms with Gasteiger partial charge < -0.3 is 9.84 Å². The molecule has 0 aliphatic rings. The van der Waals surface area contributed by atoms with Crippen molar-refractivity contribution in [2.75, 3.05) is 13.2 Å². The van der Waals surface area contributed by atoms with Crippen LogP contribution in [-0.4, -0.2) is 18.3 Å². The van der Waals surface area contributed by atoms with Crippen LogP contribution in [-0.2, 0) is 0 Å². The molecule has 0 fully saturated rings. The number of halogens is 1. The number of para-hydroxylation sites is 1. The molecule has 3 heteroatoms. The van der Waals surface area contributed by atoms with Gasteiger partial charge in [-0.2, -0.15) is 0 Å². The molecule has 0 spiro atoms. The highest BCUT2D eigenvalue weighted by atomic mass is 19.1. The van der Waals surface area contributed by atoms with E-state index in [9.17, 15) is 4.39 Å². The topological polar surface area (TPSA) is 29.5 Å². The van der Waals surface area contributed by atoms with Gasteiger partial charge >= 0.3 is 0 Å². The minimum absolute atomic E-state index is 0.0490. The number of allylic oxidation sites excluding steroid dienone is 1. The van der Waals surface area contributed by atoms with Gasteiger partial charge in [-0.1, -0.05) is 18.2 Å². The molecule has 0 unspecified atom stereocenters. The molecule has 0 radical (unpaired) electrons. The van der Waals surface area contributed by atoms with Crippen molar-refractivity contribution in [3.05, 3.63) is 35.7 Å². The highest BCUT2D eigenvalue weighted by Gasteiger charge is 1.99. The van der Waals surface area contributed by atoms with Gasteiger partial charge in [-0.3, -0.25) is 0 Å². The van der Waals surface area contributed by atoms with Gasteiger partial charge in [-0.05, 0) is 19.1 Å². The number of hydrogen-bond acceptors (Lipinski definition) is 2. The van der Waals surface area contributed by atoms with Gasteiger partial charge in [-0.25, -0.2) is 4.39 Å². The van der Waals surface area contributed by atoms with E-state index in [1.54, 1.807) is 24.3 Å². The fourth-order valence-corrected chi connectivity index (χ4v) is 1.10. The molecular weight excluding hydrogens is 183 g/mol. The molecule has 76 valence electrons. The maximum Gasteiger partial charge on any atom is 0.126 e. The number of aliphatic hydroxyl groups excluding tert-OH is 1. The molecule has 0 atom stereocenters. The van der Waals surface area contributed by atoms with Gasteiger partial charge in [0.2, 0.25) is 0 Å². The van der Waals surface area contributed by atoms with Gasteiger partial charge in [0.15, 0.2) is 0 Å². The number of rotatable bonds is 4. The molecule has 0 aliphatic carbocycles. The second kappa shape index (κ2) is 5.40. The first-order valence-corrected chi connectivity index (χ1v) is 4.40. The van der Waals surface area contributed by atoms with Gasteiger partial charge in [0.25, 0.3) is 0 Å². The Bertz CT molecular complexity index is 317. The Morgan fingerprint density at radius 3 is 2.86 bits per heavy atom. The van der Waals surface area contributed by atoms with Crippen LogP contribution in [0.2, 0.25) is 0 Å². The Labute approximate surface area is 82.6 Å². The van der Waals surface area contributed by atoms with Crippen LogP contribution in [0.15, 0.2) is 30.1 Å². The maximum atomic E-state index is 12.6. The fourth-order valence-electron chi connectivity index (χ4n) is 1.10.